The van der Waals surface area contributed by atoms with Crippen molar-refractivity contribution in [1.82, 2.24) is 9.78 Å². The predicted octanol–water partition coefficient (Wildman–Crippen LogP) is 2.42. The summed E-state index contributed by atoms with van der Waals surface area (Å²) in [5.74, 6) is 0.712. The molecule has 1 aromatic heterocycles. The van der Waals surface area contributed by atoms with Crippen LogP contribution in [0.5, 0.6) is 0 Å². The number of hydrogen-bond donors (Lipinski definition) is 1. The van der Waals surface area contributed by atoms with Gasteiger partial charge in [-0.1, -0.05) is 32.1 Å². The first-order valence-corrected chi connectivity index (χ1v) is 5.93. The molecule has 0 aliphatic heterocycles. The average molecular weight is 208 g/mol. The summed E-state index contributed by atoms with van der Waals surface area (Å²) in [7, 11) is 1.89. The smallest absolute Gasteiger partial charge is 0.0959 e. The summed E-state index contributed by atoms with van der Waals surface area (Å²) in [5, 5.41) is 14.2. The Kier molecular flexibility index (Phi) is 3.41. The van der Waals surface area contributed by atoms with Gasteiger partial charge in [0.05, 0.1) is 11.8 Å². The largest absolute Gasteiger partial charge is 0.387 e. The number of aromatic nitrogens is 2. The zero-order valence-corrected chi connectivity index (χ0v) is 9.39. The molecular weight excluding hydrogens is 188 g/mol. The Balaban J connectivity index is 1.91. The van der Waals surface area contributed by atoms with Crippen LogP contribution < -0.4 is 0 Å². The van der Waals surface area contributed by atoms with Gasteiger partial charge in [0.1, 0.15) is 0 Å². The van der Waals surface area contributed by atoms with Crippen LogP contribution in [0.3, 0.4) is 0 Å². The van der Waals surface area contributed by atoms with E-state index in [2.05, 4.69) is 5.10 Å². The maximum Gasteiger partial charge on any atom is 0.0959 e. The van der Waals surface area contributed by atoms with Crippen LogP contribution in [0.4, 0.5) is 0 Å². The SMILES string of the molecule is Cn1nccc1C(O)CC1CCCCC1. The van der Waals surface area contributed by atoms with Gasteiger partial charge in [-0.3, -0.25) is 4.68 Å². The van der Waals surface area contributed by atoms with Gasteiger partial charge in [0, 0.05) is 13.2 Å². The van der Waals surface area contributed by atoms with Gasteiger partial charge in [0.2, 0.25) is 0 Å². The molecule has 0 spiro atoms. The molecule has 1 N–H and O–H groups in total. The van der Waals surface area contributed by atoms with Gasteiger partial charge < -0.3 is 5.11 Å². The molecule has 1 atom stereocenters. The highest BCUT2D eigenvalue weighted by molar-refractivity contribution is 5.04. The van der Waals surface area contributed by atoms with Crippen molar-refractivity contribution >= 4 is 0 Å². The maximum atomic E-state index is 10.1. The molecule has 1 aliphatic rings. The number of nitrogens with zero attached hydrogens (tertiary/aromatic N) is 2. The van der Waals surface area contributed by atoms with Gasteiger partial charge >= 0.3 is 0 Å². The summed E-state index contributed by atoms with van der Waals surface area (Å²) >= 11 is 0. The Hall–Kier alpha value is -0.830. The molecule has 1 fully saturated rings. The van der Waals surface area contributed by atoms with Crippen LogP contribution in [0.2, 0.25) is 0 Å². The van der Waals surface area contributed by atoms with E-state index in [-0.39, 0.29) is 6.10 Å². The fourth-order valence-electron chi connectivity index (χ4n) is 2.57. The molecule has 1 aromatic rings. The van der Waals surface area contributed by atoms with Crippen molar-refractivity contribution in [3.8, 4) is 0 Å². The van der Waals surface area contributed by atoms with Crippen LogP contribution in [0.25, 0.3) is 0 Å². The van der Waals surface area contributed by atoms with E-state index in [0.717, 1.165) is 12.1 Å². The Morgan fingerprint density at radius 2 is 2.20 bits per heavy atom. The highest BCUT2D eigenvalue weighted by Crippen LogP contribution is 2.31. The number of aliphatic hydroxyl groups is 1. The predicted molar refractivity (Wildman–Crippen MR) is 59.4 cm³/mol. The van der Waals surface area contributed by atoms with E-state index in [1.807, 2.05) is 13.1 Å². The molecule has 2 rings (SSSR count). The van der Waals surface area contributed by atoms with E-state index in [1.165, 1.54) is 32.1 Å². The lowest BCUT2D eigenvalue weighted by atomic mass is 9.85. The molecule has 0 saturated heterocycles. The first-order chi connectivity index (χ1) is 7.27. The summed E-state index contributed by atoms with van der Waals surface area (Å²) in [5.41, 5.74) is 0.945. The van der Waals surface area contributed by atoms with Crippen molar-refractivity contribution in [1.29, 1.82) is 0 Å². The minimum atomic E-state index is -0.333. The lowest BCUT2D eigenvalue weighted by molar-refractivity contribution is 0.123. The van der Waals surface area contributed by atoms with Crippen LogP contribution in [0.15, 0.2) is 12.3 Å². The third kappa shape index (κ3) is 2.59. The number of hydrogen-bond acceptors (Lipinski definition) is 2. The Morgan fingerprint density at radius 1 is 1.47 bits per heavy atom. The molecule has 0 aromatic carbocycles. The fraction of sp³-hybridized carbons (Fsp3) is 0.750. The van der Waals surface area contributed by atoms with E-state index in [1.54, 1.807) is 10.9 Å². The summed E-state index contributed by atoms with van der Waals surface area (Å²) in [6.07, 6.45) is 8.94. The molecule has 1 saturated carbocycles. The fourth-order valence-corrected chi connectivity index (χ4v) is 2.57. The second-order valence-electron chi connectivity index (χ2n) is 4.64. The zero-order chi connectivity index (χ0) is 10.7. The standard InChI is InChI=1S/C12H20N2O/c1-14-11(7-8-13-14)12(15)9-10-5-3-2-4-6-10/h7-8,10,12,15H,2-6,9H2,1H3. The summed E-state index contributed by atoms with van der Waals surface area (Å²) in [6.45, 7) is 0. The van der Waals surface area contributed by atoms with Crippen molar-refractivity contribution in [3.05, 3.63) is 18.0 Å². The van der Waals surface area contributed by atoms with Crippen molar-refractivity contribution in [3.63, 3.8) is 0 Å². The second kappa shape index (κ2) is 4.79. The third-order valence-corrected chi connectivity index (χ3v) is 3.48. The van der Waals surface area contributed by atoms with Gasteiger partial charge in [-0.05, 0) is 18.4 Å². The monoisotopic (exact) mass is 208 g/mol. The first-order valence-electron chi connectivity index (χ1n) is 5.93. The Morgan fingerprint density at radius 3 is 2.80 bits per heavy atom. The molecule has 3 nitrogen and oxygen atoms in total. The number of rotatable bonds is 3. The molecule has 84 valence electrons. The Labute approximate surface area is 91.1 Å². The summed E-state index contributed by atoms with van der Waals surface area (Å²) in [4.78, 5) is 0. The highest BCUT2D eigenvalue weighted by Gasteiger charge is 2.19. The minimum absolute atomic E-state index is 0.333. The molecule has 15 heavy (non-hydrogen) atoms. The topological polar surface area (TPSA) is 38.0 Å². The van der Waals surface area contributed by atoms with Crippen molar-refractivity contribution in [2.45, 2.75) is 44.6 Å². The van der Waals surface area contributed by atoms with E-state index in [9.17, 15) is 5.11 Å². The molecular formula is C12H20N2O. The molecule has 0 amide bonds. The molecule has 3 heteroatoms. The highest BCUT2D eigenvalue weighted by atomic mass is 16.3. The van der Waals surface area contributed by atoms with E-state index >= 15 is 0 Å². The minimum Gasteiger partial charge on any atom is -0.387 e. The van der Waals surface area contributed by atoms with Crippen molar-refractivity contribution in [2.24, 2.45) is 13.0 Å². The number of aryl methyl sites for hydroxylation is 1. The lowest BCUT2D eigenvalue weighted by Crippen LogP contribution is -2.13. The van der Waals surface area contributed by atoms with Gasteiger partial charge in [0.25, 0.3) is 0 Å². The molecule has 0 bridgehead atoms. The van der Waals surface area contributed by atoms with Crippen LogP contribution in [0, 0.1) is 5.92 Å². The first kappa shape index (κ1) is 10.7. The van der Waals surface area contributed by atoms with Crippen molar-refractivity contribution in [2.75, 3.05) is 0 Å². The molecule has 1 unspecified atom stereocenters. The van der Waals surface area contributed by atoms with E-state index in [0.29, 0.717) is 5.92 Å². The summed E-state index contributed by atoms with van der Waals surface area (Å²) in [6, 6.07) is 1.91. The van der Waals surface area contributed by atoms with Gasteiger partial charge in [-0.2, -0.15) is 5.10 Å². The Bertz CT molecular complexity index is 302. The molecule has 1 heterocycles. The third-order valence-electron chi connectivity index (χ3n) is 3.48. The van der Waals surface area contributed by atoms with E-state index in [4.69, 9.17) is 0 Å². The van der Waals surface area contributed by atoms with Crippen LogP contribution in [-0.2, 0) is 7.05 Å². The lowest BCUT2D eigenvalue weighted by Gasteiger charge is -2.23. The quantitative estimate of drug-likeness (QED) is 0.828. The second-order valence-corrected chi connectivity index (χ2v) is 4.64. The van der Waals surface area contributed by atoms with Crippen molar-refractivity contribution < 1.29 is 5.11 Å². The van der Waals surface area contributed by atoms with Crippen LogP contribution in [0.1, 0.15) is 50.3 Å². The average Bonchev–Trinajstić information content (AvgIpc) is 2.66. The van der Waals surface area contributed by atoms with Crippen LogP contribution >= 0.6 is 0 Å². The molecule has 1 aliphatic carbocycles. The van der Waals surface area contributed by atoms with Gasteiger partial charge in [-0.25, -0.2) is 0 Å². The molecule has 0 radical (unpaired) electrons. The van der Waals surface area contributed by atoms with Crippen LogP contribution in [-0.4, -0.2) is 14.9 Å². The van der Waals surface area contributed by atoms with E-state index < -0.39 is 0 Å². The van der Waals surface area contributed by atoms with Gasteiger partial charge in [0.15, 0.2) is 0 Å². The maximum absolute atomic E-state index is 10.1. The zero-order valence-electron chi connectivity index (χ0n) is 9.39. The summed E-state index contributed by atoms with van der Waals surface area (Å²) < 4.78 is 1.77. The number of aliphatic hydroxyl groups excluding tert-OH is 1. The normalized spacial score (nSPS) is 20.4. The van der Waals surface area contributed by atoms with Gasteiger partial charge in [-0.15, -0.1) is 0 Å².